The first-order valence-corrected chi connectivity index (χ1v) is 11.9. The number of sulfone groups is 1. The van der Waals surface area contributed by atoms with Crippen molar-refractivity contribution in [3.05, 3.63) is 72.3 Å². The van der Waals surface area contributed by atoms with Gasteiger partial charge in [-0.25, -0.2) is 13.3 Å². The van der Waals surface area contributed by atoms with E-state index in [9.17, 15) is 22.8 Å². The molecule has 0 radical (unpaired) electrons. The highest BCUT2D eigenvalue weighted by Crippen LogP contribution is 2.47. The predicted octanol–water partition coefficient (Wildman–Crippen LogP) is 1.59. The first-order chi connectivity index (χ1) is 14.8. The standard InChI is InChI=1S/C23H20N2O5S/c1-31(29,30)16-9-5-6-14(12-16)13-24-17-10-11-18(26)21(24)20-19(17)22(27)25(23(20)28)15-7-3-2-4-8-15/h2-12,17,19-21H,13H2,1H3/t17-,19-,20-,21?/m0/s1. The van der Waals surface area contributed by atoms with Crippen molar-refractivity contribution in [1.82, 2.24) is 4.90 Å². The summed E-state index contributed by atoms with van der Waals surface area (Å²) in [6, 6.07) is 14.1. The van der Waals surface area contributed by atoms with Gasteiger partial charge in [0.2, 0.25) is 11.8 Å². The lowest BCUT2D eigenvalue weighted by molar-refractivity contribution is -0.129. The largest absolute Gasteiger partial charge is 0.293 e. The lowest BCUT2D eigenvalue weighted by Crippen LogP contribution is -2.48. The zero-order chi connectivity index (χ0) is 21.9. The van der Waals surface area contributed by atoms with Crippen molar-refractivity contribution in [3.63, 3.8) is 0 Å². The molecular weight excluding hydrogens is 416 g/mol. The van der Waals surface area contributed by atoms with E-state index >= 15 is 0 Å². The summed E-state index contributed by atoms with van der Waals surface area (Å²) in [6.07, 6.45) is 4.30. The number of para-hydroxylation sites is 1. The molecule has 31 heavy (non-hydrogen) atoms. The number of amides is 2. The van der Waals surface area contributed by atoms with Crippen molar-refractivity contribution in [2.75, 3.05) is 11.2 Å². The summed E-state index contributed by atoms with van der Waals surface area (Å²) in [5.41, 5.74) is 1.22. The maximum atomic E-state index is 13.3. The molecule has 2 saturated heterocycles. The second kappa shape index (κ2) is 6.96. The quantitative estimate of drug-likeness (QED) is 0.676. The Balaban J connectivity index is 1.50. The number of hydrogen-bond donors (Lipinski definition) is 0. The van der Waals surface area contributed by atoms with Crippen LogP contribution in [0, 0.1) is 11.8 Å². The van der Waals surface area contributed by atoms with Gasteiger partial charge in [-0.1, -0.05) is 36.4 Å². The summed E-state index contributed by atoms with van der Waals surface area (Å²) in [5.74, 6) is -2.26. The second-order valence-electron chi connectivity index (χ2n) is 8.19. The van der Waals surface area contributed by atoms with E-state index in [1.807, 2.05) is 11.0 Å². The number of ketones is 1. The highest BCUT2D eigenvalue weighted by molar-refractivity contribution is 7.90. The van der Waals surface area contributed by atoms with Crippen molar-refractivity contribution in [1.29, 1.82) is 0 Å². The molecule has 0 saturated carbocycles. The van der Waals surface area contributed by atoms with Crippen LogP contribution in [0.25, 0.3) is 0 Å². The molecule has 158 valence electrons. The normalized spacial score (nSPS) is 27.8. The van der Waals surface area contributed by atoms with Gasteiger partial charge in [0.15, 0.2) is 15.6 Å². The molecule has 7 nitrogen and oxygen atoms in total. The zero-order valence-electron chi connectivity index (χ0n) is 16.7. The molecule has 0 N–H and O–H groups in total. The molecule has 3 heterocycles. The van der Waals surface area contributed by atoms with Gasteiger partial charge in [0.05, 0.1) is 28.5 Å². The van der Waals surface area contributed by atoms with Crippen LogP contribution in [0.3, 0.4) is 0 Å². The number of nitrogens with zero attached hydrogens (tertiary/aromatic N) is 2. The number of imide groups is 1. The molecule has 2 aromatic rings. The van der Waals surface area contributed by atoms with Crippen molar-refractivity contribution >= 4 is 33.1 Å². The van der Waals surface area contributed by atoms with Crippen LogP contribution >= 0.6 is 0 Å². The van der Waals surface area contributed by atoms with Crippen LogP contribution in [0.4, 0.5) is 5.69 Å². The molecule has 2 amide bonds. The minimum Gasteiger partial charge on any atom is -0.293 e. The number of hydrogen-bond acceptors (Lipinski definition) is 6. The van der Waals surface area contributed by atoms with Crippen LogP contribution in [-0.2, 0) is 30.8 Å². The SMILES string of the molecule is CS(=O)(=O)c1cccc(CN2C3C(=O)C=C[C@H]2[C@@H]2C(=O)N(c4ccccc4)C(=O)[C@H]32)c1. The highest BCUT2D eigenvalue weighted by Gasteiger charge is 2.64. The molecular formula is C23H20N2O5S. The molecule has 3 aliphatic heterocycles. The predicted molar refractivity (Wildman–Crippen MR) is 113 cm³/mol. The summed E-state index contributed by atoms with van der Waals surface area (Å²) in [4.78, 5) is 42.6. The van der Waals surface area contributed by atoms with Gasteiger partial charge in [-0.15, -0.1) is 0 Å². The topological polar surface area (TPSA) is 91.8 Å². The van der Waals surface area contributed by atoms with E-state index in [0.717, 1.165) is 6.26 Å². The summed E-state index contributed by atoms with van der Waals surface area (Å²) >= 11 is 0. The lowest BCUT2D eigenvalue weighted by atomic mass is 9.90. The number of fused-ring (bicyclic) bond motifs is 5. The third-order valence-corrected chi connectivity index (χ3v) is 7.41. The number of carbonyl (C=O) groups excluding carboxylic acids is 3. The molecule has 0 spiro atoms. The van der Waals surface area contributed by atoms with Crippen molar-refractivity contribution in [2.24, 2.45) is 11.8 Å². The summed E-state index contributed by atoms with van der Waals surface area (Å²) in [6.45, 7) is 0.271. The average Bonchev–Trinajstić information content (AvgIpc) is 3.12. The fraction of sp³-hybridized carbons (Fsp3) is 0.261. The van der Waals surface area contributed by atoms with Crippen LogP contribution in [0.15, 0.2) is 71.6 Å². The highest BCUT2D eigenvalue weighted by atomic mass is 32.2. The van der Waals surface area contributed by atoms with E-state index in [0.29, 0.717) is 11.3 Å². The summed E-state index contributed by atoms with van der Waals surface area (Å²) in [5, 5.41) is 0. The minimum absolute atomic E-state index is 0.193. The zero-order valence-corrected chi connectivity index (χ0v) is 17.5. The third-order valence-electron chi connectivity index (χ3n) is 6.30. The van der Waals surface area contributed by atoms with Gasteiger partial charge in [-0.3, -0.25) is 19.3 Å². The van der Waals surface area contributed by atoms with Gasteiger partial charge in [-0.2, -0.15) is 0 Å². The van der Waals surface area contributed by atoms with E-state index in [-0.39, 0.29) is 29.0 Å². The molecule has 2 fully saturated rings. The van der Waals surface area contributed by atoms with Gasteiger partial charge < -0.3 is 0 Å². The molecule has 5 rings (SSSR count). The van der Waals surface area contributed by atoms with Crippen LogP contribution in [0.2, 0.25) is 0 Å². The Hall–Kier alpha value is -3.10. The van der Waals surface area contributed by atoms with E-state index in [4.69, 9.17) is 0 Å². The third kappa shape index (κ3) is 3.05. The Bertz CT molecular complexity index is 1240. The van der Waals surface area contributed by atoms with Crippen molar-refractivity contribution in [2.45, 2.75) is 23.5 Å². The maximum Gasteiger partial charge on any atom is 0.239 e. The van der Waals surface area contributed by atoms with Crippen molar-refractivity contribution < 1.29 is 22.8 Å². The van der Waals surface area contributed by atoms with Gasteiger partial charge in [-0.05, 0) is 35.9 Å². The Kier molecular flexibility index (Phi) is 4.46. The van der Waals surface area contributed by atoms with Crippen LogP contribution in [0.5, 0.6) is 0 Å². The number of rotatable bonds is 4. The first kappa shape index (κ1) is 19.8. The maximum absolute atomic E-state index is 13.3. The fourth-order valence-electron chi connectivity index (χ4n) is 4.99. The van der Waals surface area contributed by atoms with E-state index in [2.05, 4.69) is 0 Å². The van der Waals surface area contributed by atoms with Gasteiger partial charge >= 0.3 is 0 Å². The van der Waals surface area contributed by atoms with E-state index in [1.54, 1.807) is 48.5 Å². The van der Waals surface area contributed by atoms with Crippen LogP contribution in [0.1, 0.15) is 5.56 Å². The minimum atomic E-state index is -3.37. The Labute approximate surface area is 179 Å². The molecule has 0 aromatic heterocycles. The number of anilines is 1. The van der Waals surface area contributed by atoms with E-state index < -0.39 is 33.8 Å². The van der Waals surface area contributed by atoms with Gasteiger partial charge in [0.25, 0.3) is 0 Å². The summed E-state index contributed by atoms with van der Waals surface area (Å²) in [7, 11) is -3.37. The molecule has 0 aliphatic carbocycles. The molecule has 4 atom stereocenters. The smallest absolute Gasteiger partial charge is 0.239 e. The van der Waals surface area contributed by atoms with Crippen LogP contribution < -0.4 is 4.90 Å². The Morgan fingerprint density at radius 1 is 0.903 bits per heavy atom. The average molecular weight is 436 g/mol. The molecule has 8 heteroatoms. The van der Waals surface area contributed by atoms with Gasteiger partial charge in [0, 0.05) is 18.8 Å². The molecule has 1 unspecified atom stereocenters. The Morgan fingerprint density at radius 3 is 2.32 bits per heavy atom. The lowest BCUT2D eigenvalue weighted by Gasteiger charge is -2.33. The second-order valence-corrected chi connectivity index (χ2v) is 10.2. The Morgan fingerprint density at radius 2 is 1.61 bits per heavy atom. The molecule has 2 aromatic carbocycles. The monoisotopic (exact) mass is 436 g/mol. The molecule has 2 bridgehead atoms. The fourth-order valence-corrected chi connectivity index (χ4v) is 5.68. The molecule has 3 aliphatic rings. The number of benzene rings is 2. The first-order valence-electron chi connectivity index (χ1n) is 9.97. The van der Waals surface area contributed by atoms with Crippen LogP contribution in [-0.4, -0.2) is 49.3 Å². The number of carbonyl (C=O) groups is 3. The van der Waals surface area contributed by atoms with Gasteiger partial charge in [0.1, 0.15) is 0 Å². The van der Waals surface area contributed by atoms with E-state index in [1.165, 1.54) is 17.0 Å². The van der Waals surface area contributed by atoms with Crippen molar-refractivity contribution in [3.8, 4) is 0 Å². The summed E-state index contributed by atoms with van der Waals surface area (Å²) < 4.78 is 23.8.